The largest absolute Gasteiger partial charge is 0.350 e. The van der Waals surface area contributed by atoms with Crippen LogP contribution in [0.25, 0.3) is 0 Å². The zero-order chi connectivity index (χ0) is 20.2. The molecule has 0 atom stereocenters. The smallest absolute Gasteiger partial charge is 0.273 e. The summed E-state index contributed by atoms with van der Waals surface area (Å²) in [6.45, 7) is 7.32. The van der Waals surface area contributed by atoms with Crippen LogP contribution >= 0.6 is 31.9 Å². The number of allylic oxidation sites excluding steroid dienone is 1. The van der Waals surface area contributed by atoms with Crippen LogP contribution in [0.15, 0.2) is 57.2 Å². The van der Waals surface area contributed by atoms with E-state index in [1.807, 2.05) is 31.2 Å². The lowest BCUT2D eigenvalue weighted by Gasteiger charge is -2.17. The van der Waals surface area contributed by atoms with Crippen LogP contribution in [0.2, 0.25) is 0 Å². The van der Waals surface area contributed by atoms with Crippen molar-refractivity contribution in [2.45, 2.75) is 27.7 Å². The summed E-state index contributed by atoms with van der Waals surface area (Å²) in [6, 6.07) is 9.10. The quantitative estimate of drug-likeness (QED) is 0.541. The molecule has 2 rings (SSSR count). The summed E-state index contributed by atoms with van der Waals surface area (Å²) >= 11 is 6.85. The van der Waals surface area contributed by atoms with E-state index in [0.29, 0.717) is 11.5 Å². The Labute approximate surface area is 175 Å². The normalized spacial score (nSPS) is 11.9. The number of aromatic nitrogens is 1. The maximum Gasteiger partial charge on any atom is 0.273 e. The minimum atomic E-state index is -0.605. The van der Waals surface area contributed by atoms with E-state index in [4.69, 9.17) is 0 Å². The Morgan fingerprint density at radius 1 is 1.07 bits per heavy atom. The summed E-state index contributed by atoms with van der Waals surface area (Å²) in [5.41, 5.74) is 1.17. The third kappa shape index (κ3) is 6.29. The Morgan fingerprint density at radius 3 is 2.37 bits per heavy atom. The lowest BCUT2D eigenvalue weighted by Crippen LogP contribution is -2.25. The van der Waals surface area contributed by atoms with Crippen LogP contribution in [0.5, 0.6) is 0 Å². The van der Waals surface area contributed by atoms with E-state index >= 15 is 0 Å². The zero-order valence-corrected chi connectivity index (χ0v) is 18.7. The molecular formula is C20H21Br2N3O2. The van der Waals surface area contributed by atoms with Crippen molar-refractivity contribution in [3.63, 3.8) is 0 Å². The van der Waals surface area contributed by atoms with E-state index in [2.05, 4.69) is 47.5 Å². The number of hydrogen-bond acceptors (Lipinski definition) is 4. The SMILES string of the molecule is Cc1ccnc(NC(=O)C(=CC(=O)C(C)(C)C)Nc2ccc(Br)cc2Br)c1. The lowest BCUT2D eigenvalue weighted by atomic mass is 9.90. The van der Waals surface area contributed by atoms with Crippen molar-refractivity contribution in [3.8, 4) is 0 Å². The van der Waals surface area contributed by atoms with Crippen LogP contribution in [-0.4, -0.2) is 16.7 Å². The average molecular weight is 495 g/mol. The fourth-order valence-electron chi connectivity index (χ4n) is 2.03. The van der Waals surface area contributed by atoms with E-state index in [0.717, 1.165) is 14.5 Å². The van der Waals surface area contributed by atoms with Crippen LogP contribution in [0, 0.1) is 12.3 Å². The van der Waals surface area contributed by atoms with Gasteiger partial charge in [-0.15, -0.1) is 0 Å². The average Bonchev–Trinajstić information content (AvgIpc) is 2.55. The van der Waals surface area contributed by atoms with Gasteiger partial charge in [-0.1, -0.05) is 36.7 Å². The molecule has 0 aliphatic heterocycles. The van der Waals surface area contributed by atoms with E-state index in [9.17, 15) is 9.59 Å². The Kier molecular flexibility index (Phi) is 6.95. The molecule has 1 aromatic carbocycles. The Balaban J connectivity index is 2.35. The Morgan fingerprint density at radius 2 is 1.78 bits per heavy atom. The van der Waals surface area contributed by atoms with Gasteiger partial charge in [0, 0.05) is 26.6 Å². The molecule has 5 nitrogen and oxygen atoms in total. The van der Waals surface area contributed by atoms with E-state index in [1.165, 1.54) is 6.08 Å². The van der Waals surface area contributed by atoms with Gasteiger partial charge in [0.05, 0.1) is 5.69 Å². The van der Waals surface area contributed by atoms with Gasteiger partial charge in [0.2, 0.25) is 0 Å². The third-order valence-electron chi connectivity index (χ3n) is 3.62. The van der Waals surface area contributed by atoms with Crippen molar-refractivity contribution in [1.82, 2.24) is 4.98 Å². The summed E-state index contributed by atoms with van der Waals surface area (Å²) in [4.78, 5) is 29.4. The molecule has 0 bridgehead atoms. The predicted octanol–water partition coefficient (Wildman–Crippen LogP) is 5.46. The molecule has 27 heavy (non-hydrogen) atoms. The van der Waals surface area contributed by atoms with Gasteiger partial charge in [-0.2, -0.15) is 0 Å². The summed E-state index contributed by atoms with van der Waals surface area (Å²) in [7, 11) is 0. The molecule has 0 aliphatic carbocycles. The Bertz CT molecular complexity index is 902. The van der Waals surface area contributed by atoms with Crippen LogP contribution in [0.1, 0.15) is 26.3 Å². The van der Waals surface area contributed by atoms with Crippen molar-refractivity contribution in [2.75, 3.05) is 10.6 Å². The number of benzene rings is 1. The van der Waals surface area contributed by atoms with Gasteiger partial charge in [-0.3, -0.25) is 9.59 Å². The number of hydrogen-bond donors (Lipinski definition) is 2. The number of nitrogens with zero attached hydrogens (tertiary/aromatic N) is 1. The summed E-state index contributed by atoms with van der Waals surface area (Å²) < 4.78 is 1.65. The molecule has 0 radical (unpaired) electrons. The highest BCUT2D eigenvalue weighted by Crippen LogP contribution is 2.28. The summed E-state index contributed by atoms with van der Waals surface area (Å²) in [6.07, 6.45) is 2.95. The molecule has 0 spiro atoms. The number of anilines is 2. The second kappa shape index (κ2) is 8.80. The van der Waals surface area contributed by atoms with Crippen molar-refractivity contribution in [3.05, 3.63) is 62.8 Å². The van der Waals surface area contributed by atoms with Gasteiger partial charge < -0.3 is 10.6 Å². The molecule has 7 heteroatoms. The van der Waals surface area contributed by atoms with E-state index in [-0.39, 0.29) is 11.5 Å². The van der Waals surface area contributed by atoms with Gasteiger partial charge in [0.25, 0.3) is 5.91 Å². The molecule has 1 amide bonds. The minimum Gasteiger partial charge on any atom is -0.350 e. The molecule has 142 valence electrons. The molecule has 1 heterocycles. The van der Waals surface area contributed by atoms with Gasteiger partial charge in [-0.05, 0) is 58.7 Å². The van der Waals surface area contributed by atoms with Gasteiger partial charge in [0.15, 0.2) is 5.78 Å². The van der Waals surface area contributed by atoms with Crippen molar-refractivity contribution in [2.24, 2.45) is 5.41 Å². The first-order valence-corrected chi connectivity index (χ1v) is 9.87. The van der Waals surface area contributed by atoms with Crippen molar-refractivity contribution in [1.29, 1.82) is 0 Å². The second-order valence-corrected chi connectivity index (χ2v) is 8.86. The first kappa shape index (κ1) is 21.3. The lowest BCUT2D eigenvalue weighted by molar-refractivity contribution is -0.122. The highest BCUT2D eigenvalue weighted by Gasteiger charge is 2.22. The predicted molar refractivity (Wildman–Crippen MR) is 116 cm³/mol. The number of aryl methyl sites for hydroxylation is 1. The molecule has 1 aromatic heterocycles. The number of amides is 1. The number of carbonyl (C=O) groups excluding carboxylic acids is 2. The maximum atomic E-state index is 12.8. The number of halogens is 2. The summed E-state index contributed by atoms with van der Waals surface area (Å²) in [5.74, 6) is -0.183. The molecular weight excluding hydrogens is 474 g/mol. The zero-order valence-electron chi connectivity index (χ0n) is 15.6. The first-order chi connectivity index (χ1) is 12.6. The summed E-state index contributed by atoms with van der Waals surface area (Å²) in [5, 5.41) is 5.78. The van der Waals surface area contributed by atoms with E-state index in [1.54, 1.807) is 33.0 Å². The molecule has 0 saturated heterocycles. The minimum absolute atomic E-state index is 0.140. The van der Waals surface area contributed by atoms with Crippen LogP contribution in [0.3, 0.4) is 0 Å². The molecule has 0 aliphatic rings. The number of nitrogens with one attached hydrogen (secondary N) is 2. The second-order valence-electron chi connectivity index (χ2n) is 7.09. The third-order valence-corrected chi connectivity index (χ3v) is 4.77. The van der Waals surface area contributed by atoms with Crippen LogP contribution in [-0.2, 0) is 9.59 Å². The number of pyridine rings is 1. The highest BCUT2D eigenvalue weighted by molar-refractivity contribution is 9.11. The first-order valence-electron chi connectivity index (χ1n) is 8.28. The fraction of sp³-hybridized carbons (Fsp3) is 0.250. The van der Waals surface area contributed by atoms with Gasteiger partial charge in [-0.25, -0.2) is 4.98 Å². The topological polar surface area (TPSA) is 71.1 Å². The molecule has 0 saturated carbocycles. The number of rotatable bonds is 5. The number of ketones is 1. The number of carbonyl (C=O) groups is 2. The van der Waals surface area contributed by atoms with Gasteiger partial charge in [0.1, 0.15) is 11.5 Å². The van der Waals surface area contributed by atoms with Crippen LogP contribution in [0.4, 0.5) is 11.5 Å². The maximum absolute atomic E-state index is 12.8. The standard InChI is InChI=1S/C20H21Br2N3O2/c1-12-7-8-23-18(9-12)25-19(27)16(11-17(26)20(2,3)4)24-15-6-5-13(21)10-14(15)22/h5-11,24H,1-4H3,(H,23,25,27). The van der Waals surface area contributed by atoms with Crippen molar-refractivity contribution >= 4 is 55.1 Å². The van der Waals surface area contributed by atoms with Gasteiger partial charge >= 0.3 is 0 Å². The van der Waals surface area contributed by atoms with E-state index < -0.39 is 11.3 Å². The molecule has 0 fully saturated rings. The highest BCUT2D eigenvalue weighted by atomic mass is 79.9. The monoisotopic (exact) mass is 493 g/mol. The molecule has 2 N–H and O–H groups in total. The molecule has 2 aromatic rings. The Hall–Kier alpha value is -1.99. The fourth-order valence-corrected chi connectivity index (χ4v) is 3.18. The van der Waals surface area contributed by atoms with Crippen LogP contribution < -0.4 is 10.6 Å². The van der Waals surface area contributed by atoms with Crippen molar-refractivity contribution < 1.29 is 9.59 Å². The molecule has 0 unspecified atom stereocenters.